The zero-order chi connectivity index (χ0) is 18.9. The largest absolute Gasteiger partial charge is 0.269 e. The average molecular weight is 379 g/mol. The SMILES string of the molecule is O=S(=O)(c1cccnc1)n1cc(-c2ccccn2)cc1-c1ccccc1F. The van der Waals surface area contributed by atoms with Crippen LogP contribution in [0.5, 0.6) is 0 Å². The van der Waals surface area contributed by atoms with Crippen molar-refractivity contribution in [3.05, 3.63) is 91.3 Å². The Labute approximate surface area is 155 Å². The molecule has 0 amide bonds. The first-order chi connectivity index (χ1) is 13.1. The highest BCUT2D eigenvalue weighted by molar-refractivity contribution is 7.90. The van der Waals surface area contributed by atoms with Gasteiger partial charge in [0, 0.05) is 35.9 Å². The van der Waals surface area contributed by atoms with Gasteiger partial charge >= 0.3 is 0 Å². The molecule has 5 nitrogen and oxygen atoms in total. The Bertz CT molecular complexity index is 1190. The van der Waals surface area contributed by atoms with Gasteiger partial charge in [-0.15, -0.1) is 0 Å². The summed E-state index contributed by atoms with van der Waals surface area (Å²) in [5.74, 6) is -0.509. The number of nitrogens with zero attached hydrogens (tertiary/aromatic N) is 3. The minimum atomic E-state index is -3.96. The van der Waals surface area contributed by atoms with E-state index in [1.165, 1.54) is 30.7 Å². The molecule has 4 rings (SSSR count). The predicted octanol–water partition coefficient (Wildman–Crippen LogP) is 3.99. The number of hydrogen-bond acceptors (Lipinski definition) is 4. The summed E-state index contributed by atoms with van der Waals surface area (Å²) in [6.07, 6.45) is 5.82. The van der Waals surface area contributed by atoms with Gasteiger partial charge in [-0.1, -0.05) is 18.2 Å². The molecule has 0 saturated carbocycles. The van der Waals surface area contributed by atoms with Crippen molar-refractivity contribution in [1.29, 1.82) is 0 Å². The summed E-state index contributed by atoms with van der Waals surface area (Å²) in [6, 6.07) is 16.0. The minimum Gasteiger partial charge on any atom is -0.263 e. The van der Waals surface area contributed by atoms with Crippen molar-refractivity contribution in [2.24, 2.45) is 0 Å². The Kier molecular flexibility index (Phi) is 4.29. The van der Waals surface area contributed by atoms with Crippen molar-refractivity contribution in [2.45, 2.75) is 4.90 Å². The van der Waals surface area contributed by atoms with Crippen LogP contribution in [0.1, 0.15) is 0 Å². The molecular formula is C20H14FN3O2S. The summed E-state index contributed by atoms with van der Waals surface area (Å²) in [4.78, 5) is 8.16. The number of benzene rings is 1. The van der Waals surface area contributed by atoms with Gasteiger partial charge in [0.1, 0.15) is 10.7 Å². The monoisotopic (exact) mass is 379 g/mol. The molecule has 0 fully saturated rings. The Morgan fingerprint density at radius 2 is 1.74 bits per heavy atom. The van der Waals surface area contributed by atoms with Crippen LogP contribution in [-0.2, 0) is 10.0 Å². The van der Waals surface area contributed by atoms with Crippen LogP contribution < -0.4 is 0 Å². The molecule has 0 aliphatic carbocycles. The van der Waals surface area contributed by atoms with Crippen molar-refractivity contribution in [3.8, 4) is 22.5 Å². The molecule has 0 spiro atoms. The van der Waals surface area contributed by atoms with Crippen LogP contribution >= 0.6 is 0 Å². The quantitative estimate of drug-likeness (QED) is 0.538. The first kappa shape index (κ1) is 17.1. The van der Waals surface area contributed by atoms with Crippen LogP contribution in [0.15, 0.2) is 90.3 Å². The molecule has 0 atom stereocenters. The first-order valence-corrected chi connectivity index (χ1v) is 9.56. The van der Waals surface area contributed by atoms with Gasteiger partial charge in [-0.05, 0) is 42.5 Å². The van der Waals surface area contributed by atoms with Gasteiger partial charge in [-0.25, -0.2) is 16.8 Å². The van der Waals surface area contributed by atoms with Gasteiger partial charge < -0.3 is 0 Å². The van der Waals surface area contributed by atoms with E-state index in [0.29, 0.717) is 11.3 Å². The van der Waals surface area contributed by atoms with Crippen molar-refractivity contribution in [2.75, 3.05) is 0 Å². The molecular weight excluding hydrogens is 365 g/mol. The molecule has 3 aromatic heterocycles. The maximum Gasteiger partial charge on any atom is 0.269 e. The van der Waals surface area contributed by atoms with Gasteiger partial charge in [0.15, 0.2) is 0 Å². The molecule has 7 heteroatoms. The first-order valence-electron chi connectivity index (χ1n) is 8.12. The second kappa shape index (κ2) is 6.77. The lowest BCUT2D eigenvalue weighted by atomic mass is 10.1. The van der Waals surface area contributed by atoms with Crippen LogP contribution in [0.3, 0.4) is 0 Å². The number of rotatable bonds is 4. The Morgan fingerprint density at radius 3 is 2.44 bits per heavy atom. The Morgan fingerprint density at radius 1 is 0.926 bits per heavy atom. The predicted molar refractivity (Wildman–Crippen MR) is 99.9 cm³/mol. The lowest BCUT2D eigenvalue weighted by Crippen LogP contribution is -2.13. The fourth-order valence-corrected chi connectivity index (χ4v) is 4.13. The number of aromatic nitrogens is 3. The van der Waals surface area contributed by atoms with Gasteiger partial charge in [-0.3, -0.25) is 9.97 Å². The summed E-state index contributed by atoms with van der Waals surface area (Å²) in [7, 11) is -3.96. The highest BCUT2D eigenvalue weighted by Crippen LogP contribution is 2.32. The molecule has 0 aliphatic rings. The van der Waals surface area contributed by atoms with Crippen LogP contribution in [-0.4, -0.2) is 22.4 Å². The molecule has 0 aliphatic heterocycles. The molecule has 3 heterocycles. The summed E-state index contributed by atoms with van der Waals surface area (Å²) in [5, 5.41) is 0. The standard InChI is InChI=1S/C20H14FN3O2S/c21-18-8-2-1-7-17(18)20-12-15(19-9-3-4-11-23-19)14-24(20)27(25,26)16-6-5-10-22-13-16/h1-14H. The van der Waals surface area contributed by atoms with Crippen molar-refractivity contribution < 1.29 is 12.8 Å². The lowest BCUT2D eigenvalue weighted by molar-refractivity contribution is 0.587. The van der Waals surface area contributed by atoms with E-state index in [1.54, 1.807) is 54.7 Å². The molecule has 0 unspecified atom stereocenters. The Hall–Kier alpha value is -3.32. The second-order valence-corrected chi connectivity index (χ2v) is 7.61. The van der Waals surface area contributed by atoms with Crippen LogP contribution in [0, 0.1) is 5.82 Å². The van der Waals surface area contributed by atoms with Crippen LogP contribution in [0.2, 0.25) is 0 Å². The van der Waals surface area contributed by atoms with Crippen molar-refractivity contribution in [3.63, 3.8) is 0 Å². The molecule has 27 heavy (non-hydrogen) atoms. The summed E-state index contributed by atoms with van der Waals surface area (Å²) in [6.45, 7) is 0. The fraction of sp³-hybridized carbons (Fsp3) is 0. The number of hydrogen-bond donors (Lipinski definition) is 0. The van der Waals surface area contributed by atoms with E-state index in [4.69, 9.17) is 0 Å². The zero-order valence-corrected chi connectivity index (χ0v) is 14.8. The highest BCUT2D eigenvalue weighted by atomic mass is 32.2. The topological polar surface area (TPSA) is 64.8 Å². The number of pyridine rings is 2. The summed E-state index contributed by atoms with van der Waals surface area (Å²) < 4.78 is 41.8. The minimum absolute atomic E-state index is 0.0192. The third-order valence-electron chi connectivity index (χ3n) is 4.09. The third-order valence-corrected chi connectivity index (χ3v) is 5.74. The molecule has 4 aromatic rings. The van der Waals surface area contributed by atoms with Crippen molar-refractivity contribution >= 4 is 10.0 Å². The maximum atomic E-state index is 14.4. The van der Waals surface area contributed by atoms with E-state index in [2.05, 4.69) is 9.97 Å². The van der Waals surface area contributed by atoms with E-state index in [9.17, 15) is 12.8 Å². The van der Waals surface area contributed by atoms with Gasteiger partial charge in [-0.2, -0.15) is 0 Å². The smallest absolute Gasteiger partial charge is 0.263 e. The molecule has 134 valence electrons. The van der Waals surface area contributed by atoms with E-state index in [0.717, 1.165) is 3.97 Å². The zero-order valence-electron chi connectivity index (χ0n) is 14.0. The average Bonchev–Trinajstić information content (AvgIpc) is 3.16. The molecule has 0 N–H and O–H groups in total. The third kappa shape index (κ3) is 3.13. The molecule has 0 radical (unpaired) electrons. The molecule has 0 saturated heterocycles. The van der Waals surface area contributed by atoms with Crippen LogP contribution in [0.25, 0.3) is 22.5 Å². The van der Waals surface area contributed by atoms with E-state index in [1.807, 2.05) is 0 Å². The van der Waals surface area contributed by atoms with Gasteiger partial charge in [0.05, 0.1) is 11.4 Å². The van der Waals surface area contributed by atoms with Crippen molar-refractivity contribution in [1.82, 2.24) is 13.9 Å². The fourth-order valence-electron chi connectivity index (χ4n) is 2.80. The lowest BCUT2D eigenvalue weighted by Gasteiger charge is -2.10. The van der Waals surface area contributed by atoms with E-state index < -0.39 is 15.8 Å². The number of halogens is 1. The van der Waals surface area contributed by atoms with E-state index in [-0.39, 0.29) is 16.2 Å². The van der Waals surface area contributed by atoms with Gasteiger partial charge in [0.2, 0.25) is 0 Å². The summed E-state index contributed by atoms with van der Waals surface area (Å²) in [5.41, 5.74) is 1.57. The molecule has 1 aromatic carbocycles. The Balaban J connectivity index is 1.98. The highest BCUT2D eigenvalue weighted by Gasteiger charge is 2.24. The maximum absolute atomic E-state index is 14.4. The summed E-state index contributed by atoms with van der Waals surface area (Å²) >= 11 is 0. The second-order valence-electron chi connectivity index (χ2n) is 5.80. The van der Waals surface area contributed by atoms with Crippen LogP contribution in [0.4, 0.5) is 4.39 Å². The van der Waals surface area contributed by atoms with Gasteiger partial charge in [0.25, 0.3) is 10.0 Å². The normalized spacial score (nSPS) is 11.4. The molecule has 0 bridgehead atoms. The van der Waals surface area contributed by atoms with E-state index >= 15 is 0 Å².